The zero-order chi connectivity index (χ0) is 22.9. The predicted octanol–water partition coefficient (Wildman–Crippen LogP) is 7.24. The molecule has 1 aliphatic carbocycles. The van der Waals surface area contributed by atoms with Crippen molar-refractivity contribution in [2.45, 2.75) is 25.3 Å². The predicted molar refractivity (Wildman–Crippen MR) is 136 cm³/mol. The van der Waals surface area contributed by atoms with Gasteiger partial charge in [-0.05, 0) is 66.3 Å². The number of anilines is 1. The van der Waals surface area contributed by atoms with E-state index in [2.05, 4.69) is 71.8 Å². The molecule has 0 radical (unpaired) electrons. The first kappa shape index (κ1) is 21.6. The Hall–Kier alpha value is -3.24. The van der Waals surface area contributed by atoms with Crippen LogP contribution in [-0.2, 0) is 0 Å². The fraction of sp³-hybridized carbons (Fsp3) is 0.250. The van der Waals surface area contributed by atoms with Gasteiger partial charge in [-0.2, -0.15) is 0 Å². The summed E-state index contributed by atoms with van der Waals surface area (Å²) in [4.78, 5) is 4.63. The molecule has 0 saturated heterocycles. The second-order valence-electron chi connectivity index (χ2n) is 8.65. The van der Waals surface area contributed by atoms with Crippen LogP contribution in [0.25, 0.3) is 0 Å². The van der Waals surface area contributed by atoms with Crippen LogP contribution in [0.15, 0.2) is 71.7 Å². The SMILES string of the molecule is COc1cc(C=Nc2ccc([C@@H]3Nc4ccc(C)cc4[C@@H]4C=CC[C@H]43)cc2)cc(Cl)c1OC. The number of halogens is 1. The third-order valence-corrected chi connectivity index (χ3v) is 6.87. The average molecular weight is 459 g/mol. The quantitative estimate of drug-likeness (QED) is 0.323. The van der Waals surface area contributed by atoms with Gasteiger partial charge in [-0.1, -0.05) is 53.6 Å². The normalized spacial score (nSPS) is 20.9. The Kier molecular flexibility index (Phi) is 5.86. The molecule has 0 aromatic heterocycles. The van der Waals surface area contributed by atoms with Crippen molar-refractivity contribution in [3.63, 3.8) is 0 Å². The van der Waals surface area contributed by atoms with Crippen LogP contribution in [-0.4, -0.2) is 20.4 Å². The molecule has 3 aromatic carbocycles. The summed E-state index contributed by atoms with van der Waals surface area (Å²) in [5, 5.41) is 4.29. The summed E-state index contributed by atoms with van der Waals surface area (Å²) < 4.78 is 10.7. The van der Waals surface area contributed by atoms with Crippen LogP contribution in [0.4, 0.5) is 11.4 Å². The molecular weight excluding hydrogens is 432 g/mol. The van der Waals surface area contributed by atoms with Crippen molar-refractivity contribution >= 4 is 29.2 Å². The van der Waals surface area contributed by atoms with Crippen molar-refractivity contribution in [3.8, 4) is 11.5 Å². The topological polar surface area (TPSA) is 42.8 Å². The van der Waals surface area contributed by atoms with Crippen molar-refractivity contribution in [3.05, 3.63) is 94.0 Å². The summed E-state index contributed by atoms with van der Waals surface area (Å²) in [6.07, 6.45) is 7.59. The Morgan fingerprint density at radius 1 is 1.03 bits per heavy atom. The molecule has 0 spiro atoms. The summed E-state index contributed by atoms with van der Waals surface area (Å²) in [5.41, 5.74) is 6.99. The number of hydrogen-bond acceptors (Lipinski definition) is 4. The molecule has 0 amide bonds. The monoisotopic (exact) mass is 458 g/mol. The molecule has 1 aliphatic heterocycles. The molecule has 0 fully saturated rings. The van der Waals surface area contributed by atoms with E-state index in [1.165, 1.54) is 22.4 Å². The molecule has 33 heavy (non-hydrogen) atoms. The lowest BCUT2D eigenvalue weighted by molar-refractivity contribution is 0.355. The smallest absolute Gasteiger partial charge is 0.179 e. The van der Waals surface area contributed by atoms with Gasteiger partial charge in [0, 0.05) is 17.8 Å². The summed E-state index contributed by atoms with van der Waals surface area (Å²) in [6.45, 7) is 2.16. The second kappa shape index (κ2) is 8.95. The van der Waals surface area contributed by atoms with Crippen LogP contribution in [0.3, 0.4) is 0 Å². The molecule has 0 bridgehead atoms. The Balaban J connectivity index is 1.37. The van der Waals surface area contributed by atoms with Crippen LogP contribution in [0.2, 0.25) is 5.02 Å². The van der Waals surface area contributed by atoms with Gasteiger partial charge in [0.15, 0.2) is 11.5 Å². The highest BCUT2D eigenvalue weighted by Gasteiger charge is 2.37. The zero-order valence-electron chi connectivity index (χ0n) is 19.0. The number of hydrogen-bond donors (Lipinski definition) is 1. The minimum Gasteiger partial charge on any atom is -0.493 e. The van der Waals surface area contributed by atoms with Crippen molar-refractivity contribution in [1.82, 2.24) is 0 Å². The summed E-state index contributed by atoms with van der Waals surface area (Å²) in [5.74, 6) is 2.11. The van der Waals surface area contributed by atoms with Gasteiger partial charge in [0.05, 0.1) is 31.0 Å². The first-order valence-electron chi connectivity index (χ1n) is 11.2. The number of nitrogens with one attached hydrogen (secondary N) is 1. The van der Waals surface area contributed by atoms with E-state index in [1.807, 2.05) is 12.1 Å². The average Bonchev–Trinajstić information content (AvgIpc) is 3.33. The van der Waals surface area contributed by atoms with E-state index >= 15 is 0 Å². The van der Waals surface area contributed by atoms with Gasteiger partial charge < -0.3 is 14.8 Å². The number of allylic oxidation sites excluding steroid dienone is 2. The number of fused-ring (bicyclic) bond motifs is 3. The highest BCUT2D eigenvalue weighted by Crippen LogP contribution is 2.50. The van der Waals surface area contributed by atoms with Crippen molar-refractivity contribution in [2.75, 3.05) is 19.5 Å². The third-order valence-electron chi connectivity index (χ3n) is 6.59. The molecule has 1 N–H and O–H groups in total. The minimum absolute atomic E-state index is 0.280. The maximum atomic E-state index is 6.31. The molecule has 4 nitrogen and oxygen atoms in total. The zero-order valence-corrected chi connectivity index (χ0v) is 19.8. The Morgan fingerprint density at radius 2 is 1.85 bits per heavy atom. The van der Waals surface area contributed by atoms with Gasteiger partial charge in [0.1, 0.15) is 0 Å². The van der Waals surface area contributed by atoms with Crippen molar-refractivity contribution in [2.24, 2.45) is 10.9 Å². The second-order valence-corrected chi connectivity index (χ2v) is 9.06. The summed E-state index contributed by atoms with van der Waals surface area (Å²) in [7, 11) is 3.17. The Labute approximate surface area is 199 Å². The van der Waals surface area contributed by atoms with E-state index in [-0.39, 0.29) is 6.04 Å². The van der Waals surface area contributed by atoms with E-state index in [4.69, 9.17) is 21.1 Å². The number of aryl methyl sites for hydroxylation is 1. The highest BCUT2D eigenvalue weighted by atomic mass is 35.5. The highest BCUT2D eigenvalue weighted by molar-refractivity contribution is 6.32. The van der Waals surface area contributed by atoms with E-state index in [0.717, 1.165) is 17.7 Å². The fourth-order valence-corrected chi connectivity index (χ4v) is 5.27. The van der Waals surface area contributed by atoms with E-state index in [9.17, 15) is 0 Å². The van der Waals surface area contributed by atoms with Gasteiger partial charge in [-0.15, -0.1) is 0 Å². The number of rotatable bonds is 5. The molecule has 5 heteroatoms. The maximum Gasteiger partial charge on any atom is 0.179 e. The van der Waals surface area contributed by atoms with Crippen LogP contribution in [0.5, 0.6) is 11.5 Å². The Morgan fingerprint density at radius 3 is 2.61 bits per heavy atom. The summed E-state index contributed by atoms with van der Waals surface area (Å²) >= 11 is 6.31. The molecule has 0 unspecified atom stereocenters. The lowest BCUT2D eigenvalue weighted by atomic mass is 9.76. The van der Waals surface area contributed by atoms with Gasteiger partial charge in [-0.3, -0.25) is 4.99 Å². The lowest BCUT2D eigenvalue weighted by Crippen LogP contribution is -2.29. The number of nitrogens with zero attached hydrogens (tertiary/aromatic N) is 1. The van der Waals surface area contributed by atoms with Gasteiger partial charge in [-0.25, -0.2) is 0 Å². The van der Waals surface area contributed by atoms with Gasteiger partial charge in [0.25, 0.3) is 0 Å². The fourth-order valence-electron chi connectivity index (χ4n) is 4.97. The van der Waals surface area contributed by atoms with Gasteiger partial charge >= 0.3 is 0 Å². The molecule has 3 aromatic rings. The molecular formula is C28H27ClN2O2. The van der Waals surface area contributed by atoms with Crippen LogP contribution in [0, 0.1) is 12.8 Å². The van der Waals surface area contributed by atoms with Crippen LogP contribution < -0.4 is 14.8 Å². The molecule has 168 valence electrons. The number of ether oxygens (including phenoxy) is 2. The largest absolute Gasteiger partial charge is 0.493 e. The van der Waals surface area contributed by atoms with Crippen molar-refractivity contribution in [1.29, 1.82) is 0 Å². The number of benzene rings is 3. The summed E-state index contributed by atoms with van der Waals surface area (Å²) in [6, 6.07) is 19.2. The van der Waals surface area contributed by atoms with E-state index in [0.29, 0.717) is 28.4 Å². The number of methoxy groups -OCH3 is 2. The first-order valence-corrected chi connectivity index (χ1v) is 11.5. The third kappa shape index (κ3) is 4.11. The standard InChI is InChI=1S/C28H27ClN2O2/c1-17-7-12-25-23(13-17)21-5-4-6-22(21)27(31-25)19-8-10-20(11-9-19)30-16-18-14-24(29)28(33-3)26(15-18)32-2/h4-5,7-16,21-22,27,31H,6H2,1-3H3/t21-,22-,27+/m1/s1. The molecule has 5 rings (SSSR count). The van der Waals surface area contributed by atoms with E-state index < -0.39 is 0 Å². The lowest BCUT2D eigenvalue weighted by Gasteiger charge is -2.37. The first-order chi connectivity index (χ1) is 16.1. The molecule has 3 atom stereocenters. The van der Waals surface area contributed by atoms with Crippen molar-refractivity contribution < 1.29 is 9.47 Å². The Bertz CT molecular complexity index is 1230. The minimum atomic E-state index is 0.280. The molecule has 0 saturated carbocycles. The van der Waals surface area contributed by atoms with Crippen LogP contribution in [0.1, 0.15) is 40.6 Å². The molecule has 1 heterocycles. The van der Waals surface area contributed by atoms with Crippen LogP contribution >= 0.6 is 11.6 Å². The molecule has 2 aliphatic rings. The van der Waals surface area contributed by atoms with Gasteiger partial charge in [0.2, 0.25) is 0 Å². The number of aliphatic imine (C=N–C) groups is 1. The maximum absolute atomic E-state index is 6.31. The van der Waals surface area contributed by atoms with E-state index in [1.54, 1.807) is 20.4 Å².